The van der Waals surface area contributed by atoms with Crippen molar-refractivity contribution in [1.82, 2.24) is 5.32 Å². The van der Waals surface area contributed by atoms with Gasteiger partial charge in [0.1, 0.15) is 0 Å². The number of ether oxygens (including phenoxy) is 1. The van der Waals surface area contributed by atoms with E-state index in [-0.39, 0.29) is 18.7 Å². The average molecular weight is 292 g/mol. The fourth-order valence-corrected chi connectivity index (χ4v) is 2.12. The summed E-state index contributed by atoms with van der Waals surface area (Å²) in [6, 6.07) is 5.61. The molecule has 0 aliphatic rings. The number of rotatable bonds is 7. The minimum absolute atomic E-state index is 0.0334. The van der Waals surface area contributed by atoms with E-state index >= 15 is 0 Å². The van der Waals surface area contributed by atoms with Crippen molar-refractivity contribution in [1.29, 1.82) is 0 Å². The first-order chi connectivity index (χ1) is 8.62. The maximum Gasteiger partial charge on any atom is 0.0638 e. The highest BCUT2D eigenvalue weighted by Gasteiger charge is 2.15. The Morgan fingerprint density at radius 2 is 2.06 bits per heavy atom. The number of hydrogen-bond acceptors (Lipinski definition) is 3. The highest BCUT2D eigenvalue weighted by atomic mass is 35.5. The summed E-state index contributed by atoms with van der Waals surface area (Å²) in [5.41, 5.74) is 1.06. The van der Waals surface area contributed by atoms with Gasteiger partial charge in [-0.1, -0.05) is 36.2 Å². The summed E-state index contributed by atoms with van der Waals surface area (Å²) in [7, 11) is 1.62. The van der Waals surface area contributed by atoms with Gasteiger partial charge in [-0.25, -0.2) is 0 Å². The predicted molar refractivity (Wildman–Crippen MR) is 75.4 cm³/mol. The van der Waals surface area contributed by atoms with Crippen molar-refractivity contribution >= 4 is 23.2 Å². The maximum absolute atomic E-state index is 9.26. The molecule has 0 amide bonds. The third kappa shape index (κ3) is 4.41. The molecule has 0 aliphatic heterocycles. The summed E-state index contributed by atoms with van der Waals surface area (Å²) in [4.78, 5) is 0. The Morgan fingerprint density at radius 1 is 1.33 bits per heavy atom. The normalized spacial score (nSPS) is 14.5. The molecule has 1 rings (SSSR count). The number of halogens is 2. The van der Waals surface area contributed by atoms with Crippen LogP contribution in [0.1, 0.15) is 24.9 Å². The summed E-state index contributed by atoms with van der Waals surface area (Å²) in [6.07, 6.45) is 0.887. The van der Waals surface area contributed by atoms with Crippen LogP contribution in [-0.2, 0) is 4.74 Å². The second-order valence-corrected chi connectivity index (χ2v) is 4.95. The molecule has 0 aliphatic carbocycles. The summed E-state index contributed by atoms with van der Waals surface area (Å²) >= 11 is 11.9. The largest absolute Gasteiger partial charge is 0.395 e. The van der Waals surface area contributed by atoms with Crippen LogP contribution in [0.4, 0.5) is 0 Å². The number of hydrogen-bond donors (Lipinski definition) is 2. The Balaban J connectivity index is 2.78. The Bertz CT molecular complexity index is 374. The number of nitrogens with one attached hydrogen (secondary N) is 1. The van der Waals surface area contributed by atoms with Crippen molar-refractivity contribution in [3.63, 3.8) is 0 Å². The first kappa shape index (κ1) is 15.7. The van der Waals surface area contributed by atoms with Crippen molar-refractivity contribution in [2.75, 3.05) is 20.3 Å². The van der Waals surface area contributed by atoms with Crippen LogP contribution in [0.5, 0.6) is 0 Å². The molecule has 0 fully saturated rings. The molecule has 2 atom stereocenters. The molecule has 102 valence electrons. The van der Waals surface area contributed by atoms with Crippen LogP contribution in [-0.4, -0.2) is 31.5 Å². The van der Waals surface area contributed by atoms with E-state index in [1.807, 2.05) is 12.1 Å². The van der Waals surface area contributed by atoms with Gasteiger partial charge in [0.05, 0.1) is 29.3 Å². The molecule has 0 spiro atoms. The van der Waals surface area contributed by atoms with Crippen LogP contribution >= 0.6 is 23.2 Å². The zero-order chi connectivity index (χ0) is 13.5. The molecule has 18 heavy (non-hydrogen) atoms. The Morgan fingerprint density at radius 3 is 2.56 bits per heavy atom. The minimum Gasteiger partial charge on any atom is -0.395 e. The molecule has 0 aromatic heterocycles. The smallest absolute Gasteiger partial charge is 0.0638 e. The molecular weight excluding hydrogens is 273 g/mol. The van der Waals surface area contributed by atoms with Gasteiger partial charge in [-0.15, -0.1) is 0 Å². The van der Waals surface area contributed by atoms with Crippen molar-refractivity contribution < 1.29 is 9.84 Å². The monoisotopic (exact) mass is 291 g/mol. The molecule has 0 heterocycles. The van der Waals surface area contributed by atoms with Gasteiger partial charge in [-0.05, 0) is 24.1 Å². The van der Waals surface area contributed by atoms with Crippen LogP contribution in [0.15, 0.2) is 18.2 Å². The fourth-order valence-electron chi connectivity index (χ4n) is 1.82. The van der Waals surface area contributed by atoms with Gasteiger partial charge in [0.25, 0.3) is 0 Å². The Labute approximate surface area is 118 Å². The zero-order valence-corrected chi connectivity index (χ0v) is 12.1. The second-order valence-electron chi connectivity index (χ2n) is 4.14. The van der Waals surface area contributed by atoms with Gasteiger partial charge in [0.15, 0.2) is 0 Å². The van der Waals surface area contributed by atoms with E-state index in [4.69, 9.17) is 27.9 Å². The topological polar surface area (TPSA) is 41.5 Å². The molecule has 0 saturated carbocycles. The van der Waals surface area contributed by atoms with Crippen LogP contribution in [0, 0.1) is 0 Å². The lowest BCUT2D eigenvalue weighted by molar-refractivity contribution is 0.121. The molecule has 0 radical (unpaired) electrons. The van der Waals surface area contributed by atoms with Gasteiger partial charge in [0, 0.05) is 13.2 Å². The van der Waals surface area contributed by atoms with Gasteiger partial charge in [0.2, 0.25) is 0 Å². The summed E-state index contributed by atoms with van der Waals surface area (Å²) in [5.74, 6) is 0. The SMILES string of the molecule is CCC(NC(CO)COC)c1ccc(Cl)c(Cl)c1. The predicted octanol–water partition coefficient (Wildman–Crippen LogP) is 3.04. The Kier molecular flexibility index (Phi) is 6.97. The van der Waals surface area contributed by atoms with Gasteiger partial charge in [-0.3, -0.25) is 0 Å². The molecule has 0 bridgehead atoms. The van der Waals surface area contributed by atoms with Crippen molar-refractivity contribution in [2.24, 2.45) is 0 Å². The molecule has 1 aromatic rings. The van der Waals surface area contributed by atoms with E-state index in [0.717, 1.165) is 12.0 Å². The van der Waals surface area contributed by atoms with Crippen molar-refractivity contribution in [2.45, 2.75) is 25.4 Å². The molecule has 5 heteroatoms. The van der Waals surface area contributed by atoms with Crippen molar-refractivity contribution in [3.05, 3.63) is 33.8 Å². The summed E-state index contributed by atoms with van der Waals surface area (Å²) in [5, 5.41) is 13.7. The lowest BCUT2D eigenvalue weighted by Crippen LogP contribution is -2.38. The third-order valence-electron chi connectivity index (χ3n) is 2.78. The maximum atomic E-state index is 9.26. The third-order valence-corrected chi connectivity index (χ3v) is 3.52. The van der Waals surface area contributed by atoms with E-state index in [0.29, 0.717) is 16.7 Å². The minimum atomic E-state index is -0.0885. The second kappa shape index (κ2) is 7.97. The summed E-state index contributed by atoms with van der Waals surface area (Å²) in [6.45, 7) is 2.57. The van der Waals surface area contributed by atoms with Crippen LogP contribution in [0.3, 0.4) is 0 Å². The van der Waals surface area contributed by atoms with Gasteiger partial charge < -0.3 is 15.2 Å². The van der Waals surface area contributed by atoms with E-state index in [1.165, 1.54) is 0 Å². The molecule has 0 saturated heterocycles. The zero-order valence-electron chi connectivity index (χ0n) is 10.6. The molecule has 3 nitrogen and oxygen atoms in total. The van der Waals surface area contributed by atoms with Crippen LogP contribution in [0.2, 0.25) is 10.0 Å². The highest BCUT2D eigenvalue weighted by Crippen LogP contribution is 2.27. The van der Waals surface area contributed by atoms with Gasteiger partial charge >= 0.3 is 0 Å². The first-order valence-corrected chi connectivity index (χ1v) is 6.68. The molecule has 1 aromatic carbocycles. The number of aliphatic hydroxyl groups is 1. The lowest BCUT2D eigenvalue weighted by Gasteiger charge is -2.24. The quantitative estimate of drug-likeness (QED) is 0.811. The highest BCUT2D eigenvalue weighted by molar-refractivity contribution is 6.42. The Hall–Kier alpha value is -0.320. The fraction of sp³-hybridized carbons (Fsp3) is 0.538. The van der Waals surface area contributed by atoms with Crippen LogP contribution < -0.4 is 5.32 Å². The number of methoxy groups -OCH3 is 1. The van der Waals surface area contributed by atoms with E-state index < -0.39 is 0 Å². The molecular formula is C13H19Cl2NO2. The number of benzene rings is 1. The average Bonchev–Trinajstić information content (AvgIpc) is 2.38. The van der Waals surface area contributed by atoms with E-state index in [1.54, 1.807) is 13.2 Å². The lowest BCUT2D eigenvalue weighted by atomic mass is 10.0. The van der Waals surface area contributed by atoms with Crippen molar-refractivity contribution in [3.8, 4) is 0 Å². The first-order valence-electron chi connectivity index (χ1n) is 5.93. The number of aliphatic hydroxyl groups excluding tert-OH is 1. The standard InChI is InChI=1S/C13H19Cl2NO2/c1-3-13(16-10(7-17)8-18-2)9-4-5-11(14)12(15)6-9/h4-6,10,13,16-17H,3,7-8H2,1-2H3. The summed E-state index contributed by atoms with van der Waals surface area (Å²) < 4.78 is 5.05. The molecule has 2 N–H and O–H groups in total. The van der Waals surface area contributed by atoms with E-state index in [2.05, 4.69) is 12.2 Å². The van der Waals surface area contributed by atoms with Gasteiger partial charge in [-0.2, -0.15) is 0 Å². The van der Waals surface area contributed by atoms with E-state index in [9.17, 15) is 5.11 Å². The molecule has 2 unspecified atom stereocenters. The van der Waals surface area contributed by atoms with Crippen LogP contribution in [0.25, 0.3) is 0 Å².